The normalized spacial score (nSPS) is 14.6. The number of rotatable bonds is 3. The van der Waals surface area contributed by atoms with Crippen molar-refractivity contribution >= 4 is 0 Å². The lowest BCUT2D eigenvalue weighted by molar-refractivity contribution is 0.207. The summed E-state index contributed by atoms with van der Waals surface area (Å²) in [5.41, 5.74) is 5.04. The molecule has 8 heavy (non-hydrogen) atoms. The van der Waals surface area contributed by atoms with Crippen molar-refractivity contribution < 1.29 is 5.11 Å². The van der Waals surface area contributed by atoms with E-state index in [0.717, 1.165) is 6.42 Å². The van der Waals surface area contributed by atoms with E-state index in [0.29, 0.717) is 5.92 Å². The van der Waals surface area contributed by atoms with Crippen LogP contribution in [-0.4, -0.2) is 11.3 Å². The highest BCUT2D eigenvalue weighted by Crippen LogP contribution is 2.02. The van der Waals surface area contributed by atoms with E-state index >= 15 is 0 Å². The summed E-state index contributed by atoms with van der Waals surface area (Å²) in [5.74, 6) is 0.591. The Bertz CT molecular complexity index is 44.5. The Labute approximate surface area is 50.7 Å². The van der Waals surface area contributed by atoms with Crippen LogP contribution in [0.3, 0.4) is 0 Å². The predicted molar refractivity (Wildman–Crippen MR) is 33.9 cm³/mol. The van der Waals surface area contributed by atoms with E-state index in [4.69, 9.17) is 10.8 Å². The van der Waals surface area contributed by atoms with E-state index in [2.05, 4.69) is 13.8 Å². The summed E-state index contributed by atoms with van der Waals surface area (Å²) in [4.78, 5) is 0. The first-order valence-corrected chi connectivity index (χ1v) is 2.90. The molecule has 0 aromatic heterocycles. The molecule has 0 saturated heterocycles. The Morgan fingerprint density at radius 1 is 1.62 bits per heavy atom. The van der Waals surface area contributed by atoms with Crippen molar-refractivity contribution in [2.24, 2.45) is 11.7 Å². The Balaban J connectivity index is 2.93. The van der Waals surface area contributed by atoms with E-state index in [1.54, 1.807) is 6.42 Å². The third kappa shape index (κ3) is 5.92. The minimum Gasteiger partial charge on any atom is -0.379 e. The van der Waals surface area contributed by atoms with Gasteiger partial charge in [-0.2, -0.15) is 0 Å². The molecule has 1 radical (unpaired) electrons. The molecule has 2 nitrogen and oxygen atoms in total. The van der Waals surface area contributed by atoms with Gasteiger partial charge in [-0.15, -0.1) is 0 Å². The smallest absolute Gasteiger partial charge is 0.105 e. The minimum absolute atomic E-state index is 0.591. The average molecular weight is 116 g/mol. The number of hydrogen-bond donors (Lipinski definition) is 2. The number of hydrogen-bond acceptors (Lipinski definition) is 2. The van der Waals surface area contributed by atoms with Gasteiger partial charge in [-0.05, 0) is 12.3 Å². The van der Waals surface area contributed by atoms with Gasteiger partial charge in [0.05, 0.1) is 0 Å². The van der Waals surface area contributed by atoms with Crippen LogP contribution < -0.4 is 5.73 Å². The molecule has 0 bridgehead atoms. The molecule has 3 N–H and O–H groups in total. The molecule has 0 aliphatic rings. The highest BCUT2D eigenvalue weighted by atomic mass is 16.3. The van der Waals surface area contributed by atoms with Crippen LogP contribution in [0.4, 0.5) is 0 Å². The molecule has 0 aliphatic carbocycles. The molecular formula is C6H14NO. The molecule has 0 spiro atoms. The summed E-state index contributed by atoms with van der Waals surface area (Å²) in [5, 5.41) is 8.52. The van der Waals surface area contributed by atoms with Crippen LogP contribution >= 0.6 is 0 Å². The van der Waals surface area contributed by atoms with Gasteiger partial charge in [-0.1, -0.05) is 13.8 Å². The largest absolute Gasteiger partial charge is 0.379 e. The predicted octanol–water partition coefficient (Wildman–Crippen LogP) is 0.514. The molecule has 0 rings (SSSR count). The first-order chi connectivity index (χ1) is 3.63. The zero-order valence-corrected chi connectivity index (χ0v) is 5.46. The van der Waals surface area contributed by atoms with Gasteiger partial charge >= 0.3 is 0 Å². The summed E-state index contributed by atoms with van der Waals surface area (Å²) in [7, 11) is 0. The molecule has 1 atom stereocenters. The van der Waals surface area contributed by atoms with E-state index in [9.17, 15) is 0 Å². The van der Waals surface area contributed by atoms with E-state index in [1.807, 2.05) is 0 Å². The van der Waals surface area contributed by atoms with Gasteiger partial charge in [-0.25, -0.2) is 0 Å². The standard InChI is InChI=1S/C6H14NO/c1-5(2)3-4-6(7)8/h4-6,8H,3,7H2,1-2H3/t6-/m0/s1. The van der Waals surface area contributed by atoms with Crippen molar-refractivity contribution in [3.63, 3.8) is 0 Å². The van der Waals surface area contributed by atoms with E-state index in [-0.39, 0.29) is 0 Å². The van der Waals surface area contributed by atoms with E-state index in [1.165, 1.54) is 0 Å². The van der Waals surface area contributed by atoms with Crippen LogP contribution in [0.2, 0.25) is 0 Å². The second-order valence-electron chi connectivity index (χ2n) is 2.36. The van der Waals surface area contributed by atoms with Crippen molar-refractivity contribution in [1.29, 1.82) is 0 Å². The number of nitrogens with two attached hydrogens (primary N) is 1. The fourth-order valence-electron chi connectivity index (χ4n) is 0.412. The Morgan fingerprint density at radius 3 is 2.25 bits per heavy atom. The maximum absolute atomic E-state index is 8.52. The van der Waals surface area contributed by atoms with Gasteiger partial charge in [0, 0.05) is 6.42 Å². The van der Waals surface area contributed by atoms with Crippen LogP contribution in [0, 0.1) is 12.3 Å². The molecule has 49 valence electrons. The van der Waals surface area contributed by atoms with Gasteiger partial charge in [0.1, 0.15) is 6.23 Å². The van der Waals surface area contributed by atoms with Crippen LogP contribution in [-0.2, 0) is 0 Å². The average Bonchev–Trinajstić information content (AvgIpc) is 1.61. The lowest BCUT2D eigenvalue weighted by atomic mass is 10.1. The minimum atomic E-state index is -0.739. The molecule has 2 heteroatoms. The van der Waals surface area contributed by atoms with Gasteiger partial charge in [-0.3, -0.25) is 0 Å². The second-order valence-corrected chi connectivity index (χ2v) is 2.36. The lowest BCUT2D eigenvalue weighted by Crippen LogP contribution is -2.19. The SMILES string of the molecule is CC(C)C[CH][C@@H](N)O. The molecule has 0 heterocycles. The topological polar surface area (TPSA) is 46.2 Å². The molecular weight excluding hydrogens is 102 g/mol. The summed E-state index contributed by atoms with van der Waals surface area (Å²) in [6, 6.07) is 0. The highest BCUT2D eigenvalue weighted by molar-refractivity contribution is 4.70. The van der Waals surface area contributed by atoms with Crippen LogP contribution in [0.5, 0.6) is 0 Å². The van der Waals surface area contributed by atoms with E-state index < -0.39 is 6.23 Å². The third-order valence-electron chi connectivity index (χ3n) is 0.849. The van der Waals surface area contributed by atoms with Gasteiger partial charge in [0.25, 0.3) is 0 Å². The first-order valence-electron chi connectivity index (χ1n) is 2.90. The molecule has 0 fully saturated rings. The number of aliphatic hydroxyl groups excluding tert-OH is 1. The van der Waals surface area contributed by atoms with Gasteiger partial charge in [0.2, 0.25) is 0 Å². The maximum atomic E-state index is 8.52. The Morgan fingerprint density at radius 2 is 2.12 bits per heavy atom. The van der Waals surface area contributed by atoms with Crippen molar-refractivity contribution in [3.05, 3.63) is 6.42 Å². The monoisotopic (exact) mass is 116 g/mol. The van der Waals surface area contributed by atoms with Crippen molar-refractivity contribution in [1.82, 2.24) is 0 Å². The van der Waals surface area contributed by atoms with Crippen LogP contribution in [0.15, 0.2) is 0 Å². The fourth-order valence-corrected chi connectivity index (χ4v) is 0.412. The quantitative estimate of drug-likeness (QED) is 0.528. The summed E-state index contributed by atoms with van der Waals surface area (Å²) in [6.07, 6.45) is 1.85. The molecule has 0 aliphatic heterocycles. The fraction of sp³-hybridized carbons (Fsp3) is 0.833. The Hall–Kier alpha value is -0.0800. The van der Waals surface area contributed by atoms with Crippen LogP contribution in [0.25, 0.3) is 0 Å². The van der Waals surface area contributed by atoms with Gasteiger partial charge < -0.3 is 10.8 Å². The second kappa shape index (κ2) is 3.87. The van der Waals surface area contributed by atoms with Crippen LogP contribution in [0.1, 0.15) is 20.3 Å². The third-order valence-corrected chi connectivity index (χ3v) is 0.849. The zero-order valence-electron chi connectivity index (χ0n) is 5.46. The van der Waals surface area contributed by atoms with Crippen molar-refractivity contribution in [3.8, 4) is 0 Å². The summed E-state index contributed by atoms with van der Waals surface area (Å²) in [6.45, 7) is 4.16. The molecule has 0 amide bonds. The summed E-state index contributed by atoms with van der Waals surface area (Å²) < 4.78 is 0. The first kappa shape index (κ1) is 7.92. The lowest BCUT2D eigenvalue weighted by Gasteiger charge is -2.04. The molecule has 0 unspecified atom stereocenters. The van der Waals surface area contributed by atoms with Gasteiger partial charge in [0.15, 0.2) is 0 Å². The van der Waals surface area contributed by atoms with Crippen molar-refractivity contribution in [2.75, 3.05) is 0 Å². The molecule has 0 aromatic carbocycles. The summed E-state index contributed by atoms with van der Waals surface area (Å²) >= 11 is 0. The zero-order chi connectivity index (χ0) is 6.57. The highest BCUT2D eigenvalue weighted by Gasteiger charge is 1.97. The Kier molecular flexibility index (Phi) is 3.83. The molecule has 0 aromatic rings. The molecule has 0 saturated carbocycles. The number of aliphatic hydroxyl groups is 1. The maximum Gasteiger partial charge on any atom is 0.105 e. The van der Waals surface area contributed by atoms with Crippen molar-refractivity contribution in [2.45, 2.75) is 26.5 Å².